The molecule has 4 aliphatic rings. The Morgan fingerprint density at radius 1 is 1.08 bits per heavy atom. The molecule has 0 aromatic carbocycles. The van der Waals surface area contributed by atoms with Gasteiger partial charge < -0.3 is 9.84 Å². The normalized spacial score (nSPS) is 47.1. The number of carbonyl (C=O) groups is 1. The molecule has 0 heterocycles. The standard InChI is InChI=1S/C14H16F4O6S/c15-13(14(16,17)18,25(21,22)23)9(19)24-11-3-8-1-7-2-10(20,4-11)5-12(7,8)6-11/h7-8,20H,1-6H2,(H,21,22,23). The van der Waals surface area contributed by atoms with E-state index in [2.05, 4.69) is 0 Å². The third-order valence-electron chi connectivity index (χ3n) is 6.69. The van der Waals surface area contributed by atoms with Gasteiger partial charge in [0.2, 0.25) is 0 Å². The maximum absolute atomic E-state index is 14.2. The predicted octanol–water partition coefficient (Wildman–Crippen LogP) is 1.73. The van der Waals surface area contributed by atoms with Crippen LogP contribution in [0.15, 0.2) is 0 Å². The zero-order valence-corrected chi connectivity index (χ0v) is 13.7. The summed E-state index contributed by atoms with van der Waals surface area (Å²) in [6.07, 6.45) is -4.34. The van der Waals surface area contributed by atoms with Crippen molar-refractivity contribution in [2.45, 2.75) is 60.9 Å². The van der Waals surface area contributed by atoms with E-state index in [1.807, 2.05) is 0 Å². The summed E-state index contributed by atoms with van der Waals surface area (Å²) >= 11 is 0. The van der Waals surface area contributed by atoms with Gasteiger partial charge in [-0.25, -0.2) is 9.18 Å². The molecule has 4 rings (SSSR count). The van der Waals surface area contributed by atoms with E-state index >= 15 is 0 Å². The van der Waals surface area contributed by atoms with Crippen LogP contribution in [0, 0.1) is 17.3 Å². The molecule has 4 fully saturated rings. The lowest BCUT2D eigenvalue weighted by Crippen LogP contribution is -2.57. The molecule has 0 aromatic rings. The van der Waals surface area contributed by atoms with Gasteiger partial charge in [-0.1, -0.05) is 0 Å². The zero-order chi connectivity index (χ0) is 18.7. The highest BCUT2D eigenvalue weighted by Gasteiger charge is 2.78. The van der Waals surface area contributed by atoms with Gasteiger partial charge in [0, 0.05) is 6.42 Å². The topological polar surface area (TPSA) is 101 Å². The lowest BCUT2D eigenvalue weighted by molar-refractivity contribution is -0.227. The molecule has 2 N–H and O–H groups in total. The van der Waals surface area contributed by atoms with Crippen molar-refractivity contribution in [1.82, 2.24) is 0 Å². The van der Waals surface area contributed by atoms with E-state index in [-0.39, 0.29) is 36.5 Å². The average molecular weight is 388 g/mol. The fourth-order valence-corrected chi connectivity index (χ4v) is 6.62. The molecule has 25 heavy (non-hydrogen) atoms. The smallest absolute Gasteiger partial charge is 0.451 e. The van der Waals surface area contributed by atoms with Crippen LogP contribution in [0.25, 0.3) is 0 Å². The molecule has 4 aliphatic carbocycles. The number of alkyl halides is 4. The summed E-state index contributed by atoms with van der Waals surface area (Å²) in [4.78, 5) is 11.9. The maximum Gasteiger partial charge on any atom is 0.451 e. The van der Waals surface area contributed by atoms with Crippen LogP contribution in [-0.4, -0.2) is 46.4 Å². The first-order chi connectivity index (χ1) is 11.2. The second-order valence-electron chi connectivity index (χ2n) is 8.17. The molecule has 0 aromatic heterocycles. The summed E-state index contributed by atoms with van der Waals surface area (Å²) in [6, 6.07) is 0. The van der Waals surface area contributed by atoms with Crippen molar-refractivity contribution in [3.8, 4) is 0 Å². The SMILES string of the molecule is O=C(OC12CC3CC4CC(O)(C1)CC43C2)C(F)(C(F)(F)F)S(=O)(=O)O. The highest BCUT2D eigenvalue weighted by atomic mass is 32.2. The quantitative estimate of drug-likeness (QED) is 0.434. The Bertz CT molecular complexity index is 764. The van der Waals surface area contributed by atoms with Crippen LogP contribution in [0.4, 0.5) is 17.6 Å². The van der Waals surface area contributed by atoms with Crippen molar-refractivity contribution >= 4 is 16.1 Å². The molecule has 6 atom stereocenters. The minimum Gasteiger partial charge on any atom is -0.455 e. The van der Waals surface area contributed by atoms with Crippen molar-refractivity contribution in [1.29, 1.82) is 0 Å². The van der Waals surface area contributed by atoms with Crippen LogP contribution in [0.2, 0.25) is 0 Å². The van der Waals surface area contributed by atoms with Crippen LogP contribution in [0.1, 0.15) is 38.5 Å². The number of esters is 1. The van der Waals surface area contributed by atoms with Crippen molar-refractivity contribution < 1.29 is 45.2 Å². The summed E-state index contributed by atoms with van der Waals surface area (Å²) in [7, 11) is -6.45. The van der Waals surface area contributed by atoms with Crippen molar-refractivity contribution in [3.05, 3.63) is 0 Å². The molecule has 6 nitrogen and oxygen atoms in total. The third kappa shape index (κ3) is 1.97. The number of aliphatic hydroxyl groups is 1. The molecule has 0 amide bonds. The molecule has 4 saturated carbocycles. The Morgan fingerprint density at radius 3 is 2.24 bits per heavy atom. The van der Waals surface area contributed by atoms with Crippen molar-refractivity contribution in [3.63, 3.8) is 0 Å². The molecular weight excluding hydrogens is 372 g/mol. The Kier molecular flexibility index (Phi) is 3.01. The molecule has 0 aliphatic heterocycles. The fourth-order valence-electron chi connectivity index (χ4n) is 6.08. The highest BCUT2D eigenvalue weighted by molar-refractivity contribution is 7.88. The number of hydrogen-bond donors (Lipinski definition) is 2. The number of fused-ring (bicyclic) bond motifs is 2. The molecule has 0 radical (unpaired) electrons. The van der Waals surface area contributed by atoms with E-state index in [1.165, 1.54) is 0 Å². The van der Waals surface area contributed by atoms with E-state index in [4.69, 9.17) is 9.29 Å². The molecule has 1 spiro atoms. The van der Waals surface area contributed by atoms with E-state index in [1.54, 1.807) is 0 Å². The van der Waals surface area contributed by atoms with E-state index < -0.39 is 38.5 Å². The van der Waals surface area contributed by atoms with Gasteiger partial charge in [-0.3, -0.25) is 4.55 Å². The lowest BCUT2D eigenvalue weighted by atomic mass is 9.56. The van der Waals surface area contributed by atoms with E-state index in [0.717, 1.165) is 6.42 Å². The summed E-state index contributed by atoms with van der Waals surface area (Å²) in [5.74, 6) is -2.46. The van der Waals surface area contributed by atoms with Crippen molar-refractivity contribution in [2.75, 3.05) is 0 Å². The first kappa shape index (κ1) is 17.5. The maximum atomic E-state index is 14.2. The molecular formula is C14H16F4O6S. The average Bonchev–Trinajstić information content (AvgIpc) is 2.68. The number of rotatable bonds is 3. The van der Waals surface area contributed by atoms with Gasteiger partial charge in [-0.05, 0) is 49.4 Å². The number of hydrogen-bond acceptors (Lipinski definition) is 5. The summed E-state index contributed by atoms with van der Waals surface area (Å²) < 4.78 is 88.3. The Hall–Kier alpha value is -0.940. The van der Waals surface area contributed by atoms with E-state index in [0.29, 0.717) is 12.8 Å². The van der Waals surface area contributed by atoms with Crippen molar-refractivity contribution in [2.24, 2.45) is 17.3 Å². The minimum absolute atomic E-state index is 0.0486. The summed E-state index contributed by atoms with van der Waals surface area (Å²) in [5.41, 5.74) is -3.07. The molecule has 11 heteroatoms. The highest BCUT2D eigenvalue weighted by Crippen LogP contribution is 2.78. The Morgan fingerprint density at radius 2 is 1.68 bits per heavy atom. The predicted molar refractivity (Wildman–Crippen MR) is 72.3 cm³/mol. The monoisotopic (exact) mass is 388 g/mol. The second-order valence-corrected chi connectivity index (χ2v) is 9.68. The van der Waals surface area contributed by atoms with Gasteiger partial charge in [0.05, 0.1) is 5.60 Å². The van der Waals surface area contributed by atoms with Crippen LogP contribution < -0.4 is 0 Å². The van der Waals surface area contributed by atoms with Gasteiger partial charge in [0.15, 0.2) is 0 Å². The second kappa shape index (κ2) is 4.30. The molecule has 142 valence electrons. The van der Waals surface area contributed by atoms with Gasteiger partial charge in [0.1, 0.15) is 5.60 Å². The summed E-state index contributed by atoms with van der Waals surface area (Å²) in [6.45, 7) is 0. The number of halogens is 4. The Balaban J connectivity index is 1.68. The fraction of sp³-hybridized carbons (Fsp3) is 0.929. The first-order valence-corrected chi connectivity index (χ1v) is 9.29. The van der Waals surface area contributed by atoms with Crippen LogP contribution >= 0.6 is 0 Å². The van der Waals surface area contributed by atoms with Crippen LogP contribution in [0.3, 0.4) is 0 Å². The van der Waals surface area contributed by atoms with Gasteiger partial charge in [-0.2, -0.15) is 21.6 Å². The van der Waals surface area contributed by atoms with Crippen LogP contribution in [-0.2, 0) is 19.6 Å². The van der Waals surface area contributed by atoms with Crippen LogP contribution in [0.5, 0.6) is 0 Å². The molecule has 6 unspecified atom stereocenters. The number of ether oxygens (including phenoxy) is 1. The molecule has 3 bridgehead atoms. The Labute approximate surface area is 140 Å². The van der Waals surface area contributed by atoms with Gasteiger partial charge in [-0.15, -0.1) is 0 Å². The lowest BCUT2D eigenvalue weighted by Gasteiger charge is -2.49. The molecule has 0 saturated heterocycles. The van der Waals surface area contributed by atoms with Gasteiger partial charge >= 0.3 is 27.3 Å². The summed E-state index contributed by atoms with van der Waals surface area (Å²) in [5, 5.41) is 5.07. The third-order valence-corrected chi connectivity index (χ3v) is 7.80. The van der Waals surface area contributed by atoms with E-state index in [9.17, 15) is 35.9 Å². The largest absolute Gasteiger partial charge is 0.455 e. The first-order valence-electron chi connectivity index (χ1n) is 7.85. The zero-order valence-electron chi connectivity index (χ0n) is 12.8. The number of carbonyl (C=O) groups excluding carboxylic acids is 1. The van der Waals surface area contributed by atoms with Gasteiger partial charge in [0.25, 0.3) is 0 Å². The minimum atomic E-state index is -6.45.